The van der Waals surface area contributed by atoms with E-state index < -0.39 is 17.5 Å². The van der Waals surface area contributed by atoms with Gasteiger partial charge in [0.15, 0.2) is 0 Å². The average molecular weight is 329 g/mol. The van der Waals surface area contributed by atoms with Crippen LogP contribution in [0.25, 0.3) is 0 Å². The van der Waals surface area contributed by atoms with E-state index in [4.69, 9.17) is 5.26 Å². The molecule has 0 saturated carbocycles. The molecule has 0 aromatic heterocycles. The third kappa shape index (κ3) is 3.17. The van der Waals surface area contributed by atoms with Gasteiger partial charge in [0, 0.05) is 5.56 Å². The van der Waals surface area contributed by atoms with E-state index in [-0.39, 0.29) is 17.0 Å². The van der Waals surface area contributed by atoms with E-state index in [0.29, 0.717) is 36.8 Å². The zero-order chi connectivity index (χ0) is 17.3. The number of benzene rings is 2. The Morgan fingerprint density at radius 1 is 1.17 bits per heavy atom. The quantitative estimate of drug-likeness (QED) is 0.775. The fourth-order valence-electron chi connectivity index (χ4n) is 3.53. The molecule has 0 N–H and O–H groups in total. The molecule has 0 fully saturated rings. The largest absolute Gasteiger partial charge is 0.207 e. The molecule has 0 heterocycles. The number of nitriles is 1. The van der Waals surface area contributed by atoms with Crippen LogP contribution in [0.4, 0.5) is 13.2 Å². The van der Waals surface area contributed by atoms with Gasteiger partial charge in [-0.1, -0.05) is 6.07 Å². The third-order valence-electron chi connectivity index (χ3n) is 4.86. The maximum Gasteiger partial charge on any atom is 0.144 e. The van der Waals surface area contributed by atoms with Crippen molar-refractivity contribution in [3.05, 3.63) is 69.5 Å². The van der Waals surface area contributed by atoms with Gasteiger partial charge < -0.3 is 0 Å². The molecule has 2 aromatic carbocycles. The van der Waals surface area contributed by atoms with Crippen LogP contribution in [-0.2, 0) is 19.3 Å². The van der Waals surface area contributed by atoms with E-state index >= 15 is 0 Å². The molecule has 4 heteroatoms. The topological polar surface area (TPSA) is 23.8 Å². The Kier molecular flexibility index (Phi) is 4.62. The maximum absolute atomic E-state index is 14.2. The molecule has 1 unspecified atom stereocenters. The molecule has 24 heavy (non-hydrogen) atoms. The molecule has 0 spiro atoms. The number of hydrogen-bond acceptors (Lipinski definition) is 1. The highest BCUT2D eigenvalue weighted by Crippen LogP contribution is 2.31. The predicted molar refractivity (Wildman–Crippen MR) is 86.0 cm³/mol. The molecule has 0 amide bonds. The van der Waals surface area contributed by atoms with Crippen molar-refractivity contribution in [3.63, 3.8) is 0 Å². The van der Waals surface area contributed by atoms with Gasteiger partial charge >= 0.3 is 0 Å². The SMILES string of the molecule is Cc1cc(F)c(CCC2CCc3c(ccc(C#N)c3F)C2)c(F)c1. The van der Waals surface area contributed by atoms with Crippen LogP contribution in [0.3, 0.4) is 0 Å². The predicted octanol–water partition coefficient (Wildman–Crippen LogP) is 5.02. The minimum atomic E-state index is -0.492. The molecule has 3 rings (SSSR count). The van der Waals surface area contributed by atoms with Crippen molar-refractivity contribution in [2.45, 2.75) is 39.0 Å². The molecule has 1 aliphatic carbocycles. The number of fused-ring (bicyclic) bond motifs is 1. The van der Waals surface area contributed by atoms with Gasteiger partial charge in [0.1, 0.15) is 23.5 Å². The molecule has 2 aromatic rings. The Balaban J connectivity index is 1.72. The second-order valence-electron chi connectivity index (χ2n) is 6.53. The summed E-state index contributed by atoms with van der Waals surface area (Å²) in [5.74, 6) is -1.13. The Hall–Kier alpha value is -2.28. The van der Waals surface area contributed by atoms with Crippen molar-refractivity contribution in [2.75, 3.05) is 0 Å². The molecule has 1 nitrogen and oxygen atoms in total. The van der Waals surface area contributed by atoms with Crippen molar-refractivity contribution in [1.82, 2.24) is 0 Å². The number of aryl methyl sites for hydroxylation is 1. The molecule has 1 aliphatic rings. The van der Waals surface area contributed by atoms with E-state index in [9.17, 15) is 13.2 Å². The van der Waals surface area contributed by atoms with Crippen LogP contribution in [0.5, 0.6) is 0 Å². The van der Waals surface area contributed by atoms with Crippen LogP contribution in [0.1, 0.15) is 40.7 Å². The fraction of sp³-hybridized carbons (Fsp3) is 0.350. The van der Waals surface area contributed by atoms with Gasteiger partial charge in [-0.15, -0.1) is 0 Å². The molecule has 1 atom stereocenters. The molecule has 0 radical (unpaired) electrons. The van der Waals surface area contributed by atoms with E-state index in [2.05, 4.69) is 0 Å². The Bertz CT molecular complexity index is 797. The van der Waals surface area contributed by atoms with Crippen LogP contribution in [-0.4, -0.2) is 0 Å². The summed E-state index contributed by atoms with van der Waals surface area (Å²) in [6, 6.07) is 7.88. The van der Waals surface area contributed by atoms with E-state index in [1.54, 1.807) is 13.0 Å². The van der Waals surface area contributed by atoms with Crippen molar-refractivity contribution in [2.24, 2.45) is 5.92 Å². The molecule has 0 bridgehead atoms. The van der Waals surface area contributed by atoms with Crippen LogP contribution in [0, 0.1) is 41.6 Å². The van der Waals surface area contributed by atoms with Crippen molar-refractivity contribution < 1.29 is 13.2 Å². The number of halogens is 3. The van der Waals surface area contributed by atoms with Gasteiger partial charge in [-0.2, -0.15) is 5.26 Å². The summed E-state index contributed by atoms with van der Waals surface area (Å²) in [7, 11) is 0. The van der Waals surface area contributed by atoms with Crippen LogP contribution in [0.15, 0.2) is 24.3 Å². The minimum absolute atomic E-state index is 0.0796. The fourth-order valence-corrected chi connectivity index (χ4v) is 3.53. The number of nitrogens with zero attached hydrogens (tertiary/aromatic N) is 1. The molecule has 124 valence electrons. The Morgan fingerprint density at radius 3 is 2.54 bits per heavy atom. The van der Waals surface area contributed by atoms with Crippen molar-refractivity contribution in [3.8, 4) is 6.07 Å². The van der Waals surface area contributed by atoms with Gasteiger partial charge in [0.2, 0.25) is 0 Å². The highest BCUT2D eigenvalue weighted by molar-refractivity contribution is 5.41. The minimum Gasteiger partial charge on any atom is -0.207 e. The highest BCUT2D eigenvalue weighted by atomic mass is 19.1. The molecule has 0 aliphatic heterocycles. The summed E-state index contributed by atoms with van der Waals surface area (Å²) in [6.07, 6.45) is 3.04. The summed E-state index contributed by atoms with van der Waals surface area (Å²) in [5, 5.41) is 8.89. The smallest absolute Gasteiger partial charge is 0.144 e. The van der Waals surface area contributed by atoms with Crippen molar-refractivity contribution >= 4 is 0 Å². The van der Waals surface area contributed by atoms with Crippen LogP contribution in [0.2, 0.25) is 0 Å². The zero-order valence-corrected chi connectivity index (χ0v) is 13.5. The van der Waals surface area contributed by atoms with Crippen LogP contribution < -0.4 is 0 Å². The first-order chi connectivity index (χ1) is 11.5. The lowest BCUT2D eigenvalue weighted by atomic mass is 9.80. The van der Waals surface area contributed by atoms with Gasteiger partial charge in [-0.3, -0.25) is 0 Å². The summed E-state index contributed by atoms with van der Waals surface area (Å²) in [6.45, 7) is 1.66. The van der Waals surface area contributed by atoms with Gasteiger partial charge in [0.25, 0.3) is 0 Å². The number of rotatable bonds is 3. The van der Waals surface area contributed by atoms with Crippen LogP contribution >= 0.6 is 0 Å². The summed E-state index contributed by atoms with van der Waals surface area (Å²) >= 11 is 0. The molecular weight excluding hydrogens is 311 g/mol. The monoisotopic (exact) mass is 329 g/mol. The molecular formula is C20H18F3N. The second-order valence-corrected chi connectivity index (χ2v) is 6.53. The second kappa shape index (κ2) is 6.68. The first-order valence-corrected chi connectivity index (χ1v) is 8.14. The normalized spacial score (nSPS) is 16.5. The van der Waals surface area contributed by atoms with Crippen molar-refractivity contribution in [1.29, 1.82) is 5.26 Å². The maximum atomic E-state index is 14.2. The van der Waals surface area contributed by atoms with E-state index in [1.165, 1.54) is 18.2 Å². The van der Waals surface area contributed by atoms with E-state index in [1.807, 2.05) is 6.07 Å². The summed E-state index contributed by atoms with van der Waals surface area (Å²) in [4.78, 5) is 0. The number of hydrogen-bond donors (Lipinski definition) is 0. The lowest BCUT2D eigenvalue weighted by Crippen LogP contribution is -2.17. The molecule has 0 saturated heterocycles. The zero-order valence-electron chi connectivity index (χ0n) is 13.5. The Morgan fingerprint density at radius 2 is 1.88 bits per heavy atom. The lowest BCUT2D eigenvalue weighted by molar-refractivity contribution is 0.411. The first-order valence-electron chi connectivity index (χ1n) is 8.14. The lowest BCUT2D eigenvalue weighted by Gasteiger charge is -2.25. The third-order valence-corrected chi connectivity index (χ3v) is 4.86. The summed E-state index contributed by atoms with van der Waals surface area (Å²) in [5.41, 5.74) is 2.32. The highest BCUT2D eigenvalue weighted by Gasteiger charge is 2.23. The average Bonchev–Trinajstić information content (AvgIpc) is 2.54. The summed E-state index contributed by atoms with van der Waals surface area (Å²) < 4.78 is 42.0. The first kappa shape index (κ1) is 16.6. The van der Waals surface area contributed by atoms with E-state index in [0.717, 1.165) is 12.0 Å². The standard InChI is InChI=1S/C20H18F3N/c1-12-8-18(21)17(19(22)9-12)7-3-13-2-6-16-14(10-13)4-5-15(11-24)20(16)23/h4-5,8-9,13H,2-3,6-7,10H2,1H3. The van der Waals surface area contributed by atoms with Gasteiger partial charge in [0.05, 0.1) is 5.56 Å². The Labute approximate surface area is 139 Å². The van der Waals surface area contributed by atoms with Gasteiger partial charge in [-0.05, 0) is 79.8 Å². The van der Waals surface area contributed by atoms with Gasteiger partial charge in [-0.25, -0.2) is 13.2 Å².